The van der Waals surface area contributed by atoms with Gasteiger partial charge in [0.15, 0.2) is 0 Å². The van der Waals surface area contributed by atoms with Gasteiger partial charge in [0.05, 0.1) is 18.8 Å². The van der Waals surface area contributed by atoms with E-state index in [-0.39, 0.29) is 12.5 Å². The SMILES string of the molecule is Cc1nccc(CNC(=O)c2sccc2C#CCCO)n1. The Labute approximate surface area is 127 Å². The first kappa shape index (κ1) is 15.2. The van der Waals surface area contributed by atoms with Crippen LogP contribution in [0.25, 0.3) is 0 Å². The van der Waals surface area contributed by atoms with Crippen molar-refractivity contribution >= 4 is 17.2 Å². The molecule has 0 aliphatic rings. The monoisotopic (exact) mass is 301 g/mol. The predicted octanol–water partition coefficient (Wildman–Crippen LogP) is 1.51. The third-order valence-corrected chi connectivity index (χ3v) is 3.51. The van der Waals surface area contributed by atoms with Gasteiger partial charge in [-0.25, -0.2) is 9.97 Å². The van der Waals surface area contributed by atoms with Crippen molar-refractivity contribution in [3.63, 3.8) is 0 Å². The van der Waals surface area contributed by atoms with E-state index in [1.54, 1.807) is 25.3 Å². The molecule has 2 rings (SSSR count). The summed E-state index contributed by atoms with van der Waals surface area (Å²) >= 11 is 1.34. The van der Waals surface area contributed by atoms with Crippen LogP contribution in [0.4, 0.5) is 0 Å². The number of aryl methyl sites for hydroxylation is 1. The Morgan fingerprint density at radius 1 is 1.48 bits per heavy atom. The van der Waals surface area contributed by atoms with Crippen molar-refractivity contribution in [1.82, 2.24) is 15.3 Å². The third kappa shape index (κ3) is 4.38. The van der Waals surface area contributed by atoms with Gasteiger partial charge in [0.25, 0.3) is 5.91 Å². The molecule has 0 aliphatic carbocycles. The van der Waals surface area contributed by atoms with Crippen LogP contribution in [0.2, 0.25) is 0 Å². The van der Waals surface area contributed by atoms with Crippen LogP contribution in [-0.4, -0.2) is 27.6 Å². The Morgan fingerprint density at radius 3 is 3.10 bits per heavy atom. The van der Waals surface area contributed by atoms with Gasteiger partial charge in [0, 0.05) is 18.2 Å². The summed E-state index contributed by atoms with van der Waals surface area (Å²) in [5, 5.41) is 13.4. The van der Waals surface area contributed by atoms with Crippen molar-refractivity contribution in [2.24, 2.45) is 0 Å². The topological polar surface area (TPSA) is 75.1 Å². The van der Waals surface area contributed by atoms with Gasteiger partial charge in [0.2, 0.25) is 0 Å². The Hall–Kier alpha value is -2.23. The van der Waals surface area contributed by atoms with Gasteiger partial charge in [-0.3, -0.25) is 4.79 Å². The van der Waals surface area contributed by atoms with Crippen LogP contribution < -0.4 is 5.32 Å². The Balaban J connectivity index is 2.01. The van der Waals surface area contributed by atoms with Crippen molar-refractivity contribution in [2.45, 2.75) is 19.9 Å². The van der Waals surface area contributed by atoms with Gasteiger partial charge in [-0.1, -0.05) is 11.8 Å². The summed E-state index contributed by atoms with van der Waals surface area (Å²) in [5.74, 6) is 6.22. The van der Waals surface area contributed by atoms with Crippen molar-refractivity contribution in [3.8, 4) is 11.8 Å². The van der Waals surface area contributed by atoms with Crippen LogP contribution >= 0.6 is 11.3 Å². The largest absolute Gasteiger partial charge is 0.395 e. The molecule has 6 heteroatoms. The molecule has 0 saturated heterocycles. The zero-order valence-corrected chi connectivity index (χ0v) is 12.4. The molecule has 0 radical (unpaired) electrons. The average Bonchev–Trinajstić information content (AvgIpc) is 2.94. The zero-order valence-electron chi connectivity index (χ0n) is 11.6. The number of hydrogen-bond acceptors (Lipinski definition) is 5. The summed E-state index contributed by atoms with van der Waals surface area (Å²) in [6.07, 6.45) is 2.07. The molecule has 0 fully saturated rings. The number of aromatic nitrogens is 2. The molecular formula is C15H15N3O2S. The molecule has 0 saturated carbocycles. The molecule has 5 nitrogen and oxygen atoms in total. The first-order valence-corrected chi connectivity index (χ1v) is 7.32. The number of thiophene rings is 1. The molecule has 2 N–H and O–H groups in total. The maximum atomic E-state index is 12.2. The first-order chi connectivity index (χ1) is 10.2. The van der Waals surface area contributed by atoms with E-state index in [4.69, 9.17) is 5.11 Å². The summed E-state index contributed by atoms with van der Waals surface area (Å²) in [7, 11) is 0. The number of aliphatic hydroxyl groups excluding tert-OH is 1. The third-order valence-electron chi connectivity index (χ3n) is 2.60. The van der Waals surface area contributed by atoms with Gasteiger partial charge in [-0.2, -0.15) is 0 Å². The van der Waals surface area contributed by atoms with Crippen molar-refractivity contribution in [1.29, 1.82) is 0 Å². The Morgan fingerprint density at radius 2 is 2.33 bits per heavy atom. The quantitative estimate of drug-likeness (QED) is 0.839. The summed E-state index contributed by atoms with van der Waals surface area (Å²) < 4.78 is 0. The maximum Gasteiger partial charge on any atom is 0.262 e. The second-order valence-electron chi connectivity index (χ2n) is 4.22. The lowest BCUT2D eigenvalue weighted by molar-refractivity contribution is 0.0954. The van der Waals surface area contributed by atoms with Gasteiger partial charge in [0.1, 0.15) is 10.7 Å². The molecule has 1 amide bonds. The van der Waals surface area contributed by atoms with Crippen LogP contribution in [0, 0.1) is 18.8 Å². The highest BCUT2D eigenvalue weighted by Gasteiger charge is 2.11. The molecule has 0 bridgehead atoms. The van der Waals surface area contributed by atoms with Crippen molar-refractivity contribution < 1.29 is 9.90 Å². The Bertz CT molecular complexity index is 685. The predicted molar refractivity (Wildman–Crippen MR) is 80.8 cm³/mol. The molecule has 108 valence electrons. The standard InChI is InChI=1S/C15H15N3O2S/c1-11-16-7-5-13(18-11)10-17-15(20)14-12(6-9-21-14)4-2-3-8-19/h5-7,9,19H,3,8,10H2,1H3,(H,17,20). The van der Waals surface area contributed by atoms with Gasteiger partial charge >= 0.3 is 0 Å². The summed E-state index contributed by atoms with van der Waals surface area (Å²) in [6, 6.07) is 3.57. The molecule has 2 aromatic rings. The molecular weight excluding hydrogens is 286 g/mol. The smallest absolute Gasteiger partial charge is 0.262 e. The number of hydrogen-bond donors (Lipinski definition) is 2. The summed E-state index contributed by atoms with van der Waals surface area (Å²) in [4.78, 5) is 21.0. The second-order valence-corrected chi connectivity index (χ2v) is 5.13. The lowest BCUT2D eigenvalue weighted by Gasteiger charge is -2.04. The minimum Gasteiger partial charge on any atom is -0.395 e. The first-order valence-electron chi connectivity index (χ1n) is 6.44. The highest BCUT2D eigenvalue weighted by molar-refractivity contribution is 7.12. The summed E-state index contributed by atoms with van der Waals surface area (Å²) in [6.45, 7) is 2.18. The fourth-order valence-corrected chi connectivity index (χ4v) is 2.42. The van der Waals surface area contributed by atoms with E-state index >= 15 is 0 Å². The van der Waals surface area contributed by atoms with Crippen LogP contribution in [0.15, 0.2) is 23.7 Å². The lowest BCUT2D eigenvalue weighted by Crippen LogP contribution is -2.23. The molecule has 0 aromatic carbocycles. The maximum absolute atomic E-state index is 12.2. The van der Waals surface area contributed by atoms with Gasteiger partial charge in [-0.15, -0.1) is 11.3 Å². The minimum atomic E-state index is -0.172. The molecule has 0 unspecified atom stereocenters. The number of rotatable bonds is 4. The molecule has 2 aromatic heterocycles. The number of nitrogens with one attached hydrogen (secondary N) is 1. The van der Waals surface area contributed by atoms with Gasteiger partial charge in [-0.05, 0) is 24.4 Å². The number of nitrogens with zero attached hydrogens (tertiary/aromatic N) is 2. The molecule has 0 spiro atoms. The molecule has 0 aliphatic heterocycles. The van der Waals surface area contributed by atoms with Crippen molar-refractivity contribution in [2.75, 3.05) is 6.61 Å². The number of aliphatic hydroxyl groups is 1. The number of carbonyl (C=O) groups excluding carboxylic acids is 1. The summed E-state index contributed by atoms with van der Waals surface area (Å²) in [5.41, 5.74) is 1.45. The van der Waals surface area contributed by atoms with E-state index in [9.17, 15) is 4.79 Å². The molecule has 0 atom stereocenters. The van der Waals surface area contributed by atoms with E-state index in [1.807, 2.05) is 5.38 Å². The van der Waals surface area contributed by atoms with Gasteiger partial charge < -0.3 is 10.4 Å². The van der Waals surface area contributed by atoms with Crippen LogP contribution in [-0.2, 0) is 6.54 Å². The van der Waals surface area contributed by atoms with Crippen LogP contribution in [0.3, 0.4) is 0 Å². The number of carbonyl (C=O) groups is 1. The lowest BCUT2D eigenvalue weighted by atomic mass is 10.2. The van der Waals surface area contributed by atoms with E-state index < -0.39 is 0 Å². The fraction of sp³-hybridized carbons (Fsp3) is 0.267. The number of amides is 1. The van der Waals surface area contributed by atoms with Crippen LogP contribution in [0.1, 0.15) is 33.2 Å². The second kappa shape index (κ2) is 7.53. The van der Waals surface area contributed by atoms with E-state index in [0.29, 0.717) is 29.2 Å². The van der Waals surface area contributed by atoms with E-state index in [0.717, 1.165) is 5.69 Å². The zero-order chi connectivity index (χ0) is 15.1. The van der Waals surface area contributed by atoms with Crippen LogP contribution in [0.5, 0.6) is 0 Å². The fourth-order valence-electron chi connectivity index (χ4n) is 1.65. The highest BCUT2D eigenvalue weighted by atomic mass is 32.1. The Kier molecular flexibility index (Phi) is 5.43. The van der Waals surface area contributed by atoms with E-state index in [2.05, 4.69) is 27.1 Å². The van der Waals surface area contributed by atoms with Crippen molar-refractivity contribution in [3.05, 3.63) is 45.7 Å². The highest BCUT2D eigenvalue weighted by Crippen LogP contribution is 2.15. The average molecular weight is 301 g/mol. The normalized spacial score (nSPS) is 9.81. The molecule has 21 heavy (non-hydrogen) atoms. The molecule has 2 heterocycles. The van der Waals surface area contributed by atoms with E-state index in [1.165, 1.54) is 11.3 Å². The minimum absolute atomic E-state index is 0.0196.